The highest BCUT2D eigenvalue weighted by molar-refractivity contribution is 6.30. The Balaban J connectivity index is 2.00. The van der Waals surface area contributed by atoms with Crippen molar-refractivity contribution in [2.45, 2.75) is 6.54 Å². The molecule has 1 heterocycles. The molecular formula is C18H18ClN3O2. The molecular weight excluding hydrogens is 326 g/mol. The van der Waals surface area contributed by atoms with Gasteiger partial charge in [-0.25, -0.2) is 4.98 Å². The van der Waals surface area contributed by atoms with Crippen molar-refractivity contribution in [1.29, 1.82) is 0 Å². The maximum atomic E-state index is 11.9. The number of carbonyl (C=O) groups excluding carboxylic acids is 1. The molecule has 2 aromatic carbocycles. The predicted octanol–water partition coefficient (Wildman–Crippen LogP) is 3.45. The van der Waals surface area contributed by atoms with Gasteiger partial charge in [-0.2, -0.15) is 0 Å². The van der Waals surface area contributed by atoms with E-state index in [4.69, 9.17) is 16.3 Å². The minimum absolute atomic E-state index is 0.0257. The lowest BCUT2D eigenvalue weighted by Crippen LogP contribution is -2.25. The Labute approximate surface area is 145 Å². The van der Waals surface area contributed by atoms with E-state index in [0.717, 1.165) is 22.2 Å². The molecule has 6 heteroatoms. The van der Waals surface area contributed by atoms with Gasteiger partial charge in [-0.05, 0) is 35.9 Å². The number of carbonyl (C=O) groups is 1. The molecule has 0 aliphatic rings. The van der Waals surface area contributed by atoms with Crippen LogP contribution in [0.4, 0.5) is 0 Å². The smallest absolute Gasteiger partial charge is 0.242 e. The van der Waals surface area contributed by atoms with Crippen LogP contribution in [-0.2, 0) is 11.3 Å². The van der Waals surface area contributed by atoms with E-state index >= 15 is 0 Å². The molecule has 0 radical (unpaired) electrons. The first-order valence-corrected chi connectivity index (χ1v) is 7.86. The van der Waals surface area contributed by atoms with E-state index in [1.54, 1.807) is 38.5 Å². The molecule has 0 N–H and O–H groups in total. The molecule has 124 valence electrons. The first-order valence-electron chi connectivity index (χ1n) is 7.48. The average Bonchev–Trinajstić information content (AvgIpc) is 2.96. The number of fused-ring (bicyclic) bond motifs is 1. The zero-order valence-corrected chi connectivity index (χ0v) is 14.5. The Morgan fingerprint density at radius 3 is 2.75 bits per heavy atom. The molecule has 0 aliphatic heterocycles. The Hall–Kier alpha value is -2.53. The fraction of sp³-hybridized carbons (Fsp3) is 0.222. The van der Waals surface area contributed by atoms with Crippen molar-refractivity contribution in [3.8, 4) is 16.9 Å². The van der Waals surface area contributed by atoms with Crippen LogP contribution in [0.25, 0.3) is 22.2 Å². The summed E-state index contributed by atoms with van der Waals surface area (Å²) in [7, 11) is 5.11. The second-order valence-corrected chi connectivity index (χ2v) is 6.15. The fourth-order valence-electron chi connectivity index (χ4n) is 2.55. The standard InChI is InChI=1S/C18H18ClN3O2/c1-21(2)18(23)10-22-11-20-15-8-12(4-7-16(15)22)14-6-5-13(19)9-17(14)24-3/h4-9,11H,10H2,1-3H3. The Morgan fingerprint density at radius 1 is 1.25 bits per heavy atom. The third kappa shape index (κ3) is 3.08. The molecule has 3 rings (SSSR count). The number of ether oxygens (including phenoxy) is 1. The van der Waals surface area contributed by atoms with Crippen LogP contribution < -0.4 is 4.74 Å². The van der Waals surface area contributed by atoms with Crippen molar-refractivity contribution < 1.29 is 9.53 Å². The number of rotatable bonds is 4. The van der Waals surface area contributed by atoms with Gasteiger partial charge in [0.05, 0.1) is 24.5 Å². The number of hydrogen-bond donors (Lipinski definition) is 0. The highest BCUT2D eigenvalue weighted by Gasteiger charge is 2.12. The number of amides is 1. The lowest BCUT2D eigenvalue weighted by atomic mass is 10.0. The van der Waals surface area contributed by atoms with Gasteiger partial charge in [0.25, 0.3) is 0 Å². The van der Waals surface area contributed by atoms with Crippen molar-refractivity contribution in [1.82, 2.24) is 14.5 Å². The maximum Gasteiger partial charge on any atom is 0.242 e. The van der Waals surface area contributed by atoms with E-state index in [1.165, 1.54) is 0 Å². The van der Waals surface area contributed by atoms with Gasteiger partial charge < -0.3 is 14.2 Å². The summed E-state index contributed by atoms with van der Waals surface area (Å²) in [6.45, 7) is 0.271. The molecule has 3 aromatic rings. The van der Waals surface area contributed by atoms with Gasteiger partial charge >= 0.3 is 0 Å². The number of likely N-dealkylation sites (N-methyl/N-ethyl adjacent to an activating group) is 1. The number of methoxy groups -OCH3 is 1. The monoisotopic (exact) mass is 343 g/mol. The van der Waals surface area contributed by atoms with E-state index in [0.29, 0.717) is 10.8 Å². The van der Waals surface area contributed by atoms with Crippen LogP contribution >= 0.6 is 11.6 Å². The highest BCUT2D eigenvalue weighted by Crippen LogP contribution is 2.33. The average molecular weight is 344 g/mol. The van der Waals surface area contributed by atoms with E-state index in [-0.39, 0.29) is 12.5 Å². The molecule has 0 fully saturated rings. The third-order valence-corrected chi connectivity index (χ3v) is 4.14. The molecule has 0 saturated heterocycles. The van der Waals surface area contributed by atoms with Crippen molar-refractivity contribution in [2.75, 3.05) is 21.2 Å². The maximum absolute atomic E-state index is 11.9. The number of aromatic nitrogens is 2. The lowest BCUT2D eigenvalue weighted by molar-refractivity contribution is -0.129. The highest BCUT2D eigenvalue weighted by atomic mass is 35.5. The van der Waals surface area contributed by atoms with Crippen LogP contribution in [0.15, 0.2) is 42.7 Å². The summed E-state index contributed by atoms with van der Waals surface area (Å²) in [5.41, 5.74) is 3.68. The van der Waals surface area contributed by atoms with E-state index in [9.17, 15) is 4.79 Å². The van der Waals surface area contributed by atoms with Gasteiger partial charge in [0, 0.05) is 24.7 Å². The summed E-state index contributed by atoms with van der Waals surface area (Å²) in [4.78, 5) is 17.9. The summed E-state index contributed by atoms with van der Waals surface area (Å²) in [6, 6.07) is 11.5. The van der Waals surface area contributed by atoms with Crippen LogP contribution in [0.2, 0.25) is 5.02 Å². The summed E-state index contributed by atoms with van der Waals surface area (Å²) in [5, 5.41) is 0.628. The summed E-state index contributed by atoms with van der Waals surface area (Å²) >= 11 is 6.02. The fourth-order valence-corrected chi connectivity index (χ4v) is 2.71. The molecule has 24 heavy (non-hydrogen) atoms. The molecule has 0 saturated carbocycles. The molecule has 0 spiro atoms. The Kier molecular flexibility index (Phi) is 4.44. The van der Waals surface area contributed by atoms with Gasteiger partial charge in [-0.1, -0.05) is 17.7 Å². The largest absolute Gasteiger partial charge is 0.496 e. The number of hydrogen-bond acceptors (Lipinski definition) is 3. The summed E-state index contributed by atoms with van der Waals surface area (Å²) in [6.07, 6.45) is 1.69. The second kappa shape index (κ2) is 6.53. The first kappa shape index (κ1) is 16.3. The topological polar surface area (TPSA) is 47.4 Å². The molecule has 0 unspecified atom stereocenters. The molecule has 0 aliphatic carbocycles. The second-order valence-electron chi connectivity index (χ2n) is 5.71. The van der Waals surface area contributed by atoms with Gasteiger partial charge in [0.15, 0.2) is 0 Å². The number of halogens is 1. The van der Waals surface area contributed by atoms with Crippen molar-refractivity contribution in [3.05, 3.63) is 47.7 Å². The van der Waals surface area contributed by atoms with E-state index in [1.807, 2.05) is 34.9 Å². The molecule has 0 atom stereocenters. The lowest BCUT2D eigenvalue weighted by Gasteiger charge is -2.11. The van der Waals surface area contributed by atoms with Crippen molar-refractivity contribution in [3.63, 3.8) is 0 Å². The van der Waals surface area contributed by atoms with Crippen LogP contribution in [0.3, 0.4) is 0 Å². The molecule has 1 amide bonds. The molecule has 5 nitrogen and oxygen atoms in total. The molecule has 1 aromatic heterocycles. The predicted molar refractivity (Wildman–Crippen MR) is 95.4 cm³/mol. The van der Waals surface area contributed by atoms with Crippen LogP contribution in [0, 0.1) is 0 Å². The van der Waals surface area contributed by atoms with Gasteiger partial charge in [0.2, 0.25) is 5.91 Å². The summed E-state index contributed by atoms with van der Waals surface area (Å²) < 4.78 is 7.26. The van der Waals surface area contributed by atoms with E-state index in [2.05, 4.69) is 4.98 Å². The minimum Gasteiger partial charge on any atom is -0.496 e. The zero-order valence-electron chi connectivity index (χ0n) is 13.8. The van der Waals surface area contributed by atoms with Crippen LogP contribution in [0.1, 0.15) is 0 Å². The van der Waals surface area contributed by atoms with Crippen LogP contribution in [-0.4, -0.2) is 41.6 Å². The normalized spacial score (nSPS) is 10.8. The number of imidazole rings is 1. The van der Waals surface area contributed by atoms with Gasteiger partial charge in [-0.3, -0.25) is 4.79 Å². The Bertz CT molecular complexity index is 902. The van der Waals surface area contributed by atoms with Crippen molar-refractivity contribution in [2.24, 2.45) is 0 Å². The SMILES string of the molecule is COc1cc(Cl)ccc1-c1ccc2c(c1)ncn2CC(=O)N(C)C. The minimum atomic E-state index is 0.0257. The van der Waals surface area contributed by atoms with Crippen molar-refractivity contribution >= 4 is 28.5 Å². The quantitative estimate of drug-likeness (QED) is 0.729. The number of benzene rings is 2. The number of nitrogens with zero attached hydrogens (tertiary/aromatic N) is 3. The van der Waals surface area contributed by atoms with Crippen LogP contribution in [0.5, 0.6) is 5.75 Å². The van der Waals surface area contributed by atoms with E-state index < -0.39 is 0 Å². The Morgan fingerprint density at radius 2 is 2.04 bits per heavy atom. The third-order valence-electron chi connectivity index (χ3n) is 3.90. The molecule has 0 bridgehead atoms. The summed E-state index contributed by atoms with van der Waals surface area (Å²) in [5.74, 6) is 0.738. The van der Waals surface area contributed by atoms with Gasteiger partial charge in [-0.15, -0.1) is 0 Å². The van der Waals surface area contributed by atoms with Gasteiger partial charge in [0.1, 0.15) is 12.3 Å². The zero-order chi connectivity index (χ0) is 17.3. The first-order chi connectivity index (χ1) is 11.5.